The SMILES string of the molecule is C[C@H](N)c1ccc(N2CCN(C(C)(C)C)CC2)cc1Br. The lowest BCUT2D eigenvalue weighted by atomic mass is 10.0. The normalized spacial score (nSPS) is 19.2. The highest BCUT2D eigenvalue weighted by molar-refractivity contribution is 9.10. The zero-order chi connectivity index (χ0) is 14.9. The first-order valence-corrected chi connectivity index (χ1v) is 8.13. The third-order valence-electron chi connectivity index (χ3n) is 4.07. The van der Waals surface area contributed by atoms with Crippen molar-refractivity contribution in [3.05, 3.63) is 28.2 Å². The van der Waals surface area contributed by atoms with Gasteiger partial charge in [0.25, 0.3) is 0 Å². The van der Waals surface area contributed by atoms with Crippen molar-refractivity contribution in [2.75, 3.05) is 31.1 Å². The van der Waals surface area contributed by atoms with Crippen LogP contribution in [0.1, 0.15) is 39.3 Å². The minimum Gasteiger partial charge on any atom is -0.369 e. The Morgan fingerprint density at radius 3 is 2.20 bits per heavy atom. The fraction of sp³-hybridized carbons (Fsp3) is 0.625. The van der Waals surface area contributed by atoms with E-state index >= 15 is 0 Å². The average molecular weight is 340 g/mol. The largest absolute Gasteiger partial charge is 0.369 e. The van der Waals surface area contributed by atoms with Crippen molar-refractivity contribution >= 4 is 21.6 Å². The van der Waals surface area contributed by atoms with E-state index in [1.807, 2.05) is 6.92 Å². The fourth-order valence-corrected chi connectivity index (χ4v) is 3.45. The molecular formula is C16H26BrN3. The molecular weight excluding hydrogens is 314 g/mol. The van der Waals surface area contributed by atoms with Gasteiger partial charge in [0.1, 0.15) is 0 Å². The Kier molecular flexibility index (Phi) is 4.77. The lowest BCUT2D eigenvalue weighted by molar-refractivity contribution is 0.128. The minimum atomic E-state index is 0.0659. The molecule has 112 valence electrons. The Balaban J connectivity index is 2.06. The predicted octanol–water partition coefficient (Wildman–Crippen LogP) is 3.39. The second kappa shape index (κ2) is 6.04. The maximum absolute atomic E-state index is 5.96. The van der Waals surface area contributed by atoms with Crippen LogP contribution in [-0.4, -0.2) is 36.6 Å². The smallest absolute Gasteiger partial charge is 0.0378 e. The molecule has 1 aromatic carbocycles. The van der Waals surface area contributed by atoms with Crippen LogP contribution >= 0.6 is 15.9 Å². The molecule has 2 N–H and O–H groups in total. The molecule has 0 aromatic heterocycles. The lowest BCUT2D eigenvalue weighted by Crippen LogP contribution is -2.53. The first-order valence-electron chi connectivity index (χ1n) is 7.34. The van der Waals surface area contributed by atoms with Crippen LogP contribution in [0.3, 0.4) is 0 Å². The minimum absolute atomic E-state index is 0.0659. The number of anilines is 1. The fourth-order valence-electron chi connectivity index (χ4n) is 2.72. The number of hydrogen-bond donors (Lipinski definition) is 1. The van der Waals surface area contributed by atoms with Crippen molar-refractivity contribution in [3.8, 4) is 0 Å². The van der Waals surface area contributed by atoms with E-state index in [1.54, 1.807) is 0 Å². The maximum atomic E-state index is 5.96. The molecule has 1 atom stereocenters. The molecule has 1 aliphatic rings. The summed E-state index contributed by atoms with van der Waals surface area (Å²) in [5.41, 5.74) is 8.68. The molecule has 0 unspecified atom stereocenters. The second-order valence-corrected chi connectivity index (χ2v) is 7.49. The molecule has 1 saturated heterocycles. The van der Waals surface area contributed by atoms with Crippen LogP contribution in [0.2, 0.25) is 0 Å². The Labute approximate surface area is 131 Å². The number of nitrogens with zero attached hydrogens (tertiary/aromatic N) is 2. The number of benzene rings is 1. The topological polar surface area (TPSA) is 32.5 Å². The van der Waals surface area contributed by atoms with Gasteiger partial charge in [-0.2, -0.15) is 0 Å². The monoisotopic (exact) mass is 339 g/mol. The van der Waals surface area contributed by atoms with E-state index in [-0.39, 0.29) is 11.6 Å². The van der Waals surface area contributed by atoms with Crippen molar-refractivity contribution in [1.29, 1.82) is 0 Å². The van der Waals surface area contributed by atoms with Crippen molar-refractivity contribution < 1.29 is 0 Å². The first-order chi connectivity index (χ1) is 9.29. The lowest BCUT2D eigenvalue weighted by Gasteiger charge is -2.43. The van der Waals surface area contributed by atoms with Gasteiger partial charge in [-0.3, -0.25) is 4.90 Å². The third kappa shape index (κ3) is 3.54. The zero-order valence-corrected chi connectivity index (χ0v) is 14.6. The zero-order valence-electron chi connectivity index (χ0n) is 13.0. The van der Waals surface area contributed by atoms with Gasteiger partial charge in [-0.05, 0) is 45.4 Å². The summed E-state index contributed by atoms with van der Waals surface area (Å²) in [7, 11) is 0. The van der Waals surface area contributed by atoms with Crippen LogP contribution in [0, 0.1) is 0 Å². The first kappa shape index (κ1) is 15.8. The third-order valence-corrected chi connectivity index (χ3v) is 4.75. The van der Waals surface area contributed by atoms with Gasteiger partial charge >= 0.3 is 0 Å². The molecule has 20 heavy (non-hydrogen) atoms. The Bertz CT molecular complexity index is 457. The van der Waals surface area contributed by atoms with E-state index in [9.17, 15) is 0 Å². The molecule has 0 amide bonds. The van der Waals surface area contributed by atoms with Crippen molar-refractivity contribution in [3.63, 3.8) is 0 Å². The Morgan fingerprint density at radius 1 is 1.15 bits per heavy atom. The second-order valence-electron chi connectivity index (χ2n) is 6.64. The highest BCUT2D eigenvalue weighted by Gasteiger charge is 2.26. The summed E-state index contributed by atoms with van der Waals surface area (Å²) in [6.45, 7) is 13.3. The van der Waals surface area contributed by atoms with Crippen molar-refractivity contribution in [2.24, 2.45) is 5.73 Å². The molecule has 0 radical (unpaired) electrons. The van der Waals surface area contributed by atoms with Gasteiger partial charge in [-0.15, -0.1) is 0 Å². The average Bonchev–Trinajstić information content (AvgIpc) is 2.37. The summed E-state index contributed by atoms with van der Waals surface area (Å²) >= 11 is 3.64. The van der Waals surface area contributed by atoms with E-state index in [2.05, 4.69) is 64.7 Å². The maximum Gasteiger partial charge on any atom is 0.0378 e. The summed E-state index contributed by atoms with van der Waals surface area (Å²) in [5.74, 6) is 0. The molecule has 0 aliphatic carbocycles. The van der Waals surface area contributed by atoms with Gasteiger partial charge in [0, 0.05) is 47.9 Å². The summed E-state index contributed by atoms with van der Waals surface area (Å²) < 4.78 is 1.11. The molecule has 1 aromatic rings. The van der Waals surface area contributed by atoms with Gasteiger partial charge < -0.3 is 10.6 Å². The molecule has 4 heteroatoms. The van der Waals surface area contributed by atoms with Gasteiger partial charge in [-0.25, -0.2) is 0 Å². The van der Waals surface area contributed by atoms with E-state index in [4.69, 9.17) is 5.73 Å². The van der Waals surface area contributed by atoms with Crippen molar-refractivity contribution in [1.82, 2.24) is 4.90 Å². The number of nitrogens with two attached hydrogens (primary N) is 1. The molecule has 0 saturated carbocycles. The molecule has 0 bridgehead atoms. The number of piperazine rings is 1. The van der Waals surface area contributed by atoms with Gasteiger partial charge in [0.15, 0.2) is 0 Å². The van der Waals surface area contributed by atoms with Crippen molar-refractivity contribution in [2.45, 2.75) is 39.3 Å². The molecule has 1 fully saturated rings. The van der Waals surface area contributed by atoms with Gasteiger partial charge in [0.05, 0.1) is 0 Å². The molecule has 3 nitrogen and oxygen atoms in total. The molecule has 1 aliphatic heterocycles. The summed E-state index contributed by atoms with van der Waals surface area (Å²) in [4.78, 5) is 5.01. The molecule has 0 spiro atoms. The number of halogens is 1. The molecule has 2 rings (SSSR count). The van der Waals surface area contributed by atoms with Crippen LogP contribution in [0.25, 0.3) is 0 Å². The quantitative estimate of drug-likeness (QED) is 0.896. The van der Waals surface area contributed by atoms with Gasteiger partial charge in [0.2, 0.25) is 0 Å². The predicted molar refractivity (Wildman–Crippen MR) is 90.3 cm³/mol. The number of hydrogen-bond acceptors (Lipinski definition) is 3. The highest BCUT2D eigenvalue weighted by Crippen LogP contribution is 2.28. The van der Waals surface area contributed by atoms with Crippen LogP contribution < -0.4 is 10.6 Å². The van der Waals surface area contributed by atoms with Crippen LogP contribution in [0.5, 0.6) is 0 Å². The van der Waals surface area contributed by atoms with E-state index in [0.717, 1.165) is 30.7 Å². The summed E-state index contributed by atoms with van der Waals surface area (Å²) in [6, 6.07) is 6.60. The van der Waals surface area contributed by atoms with E-state index < -0.39 is 0 Å². The van der Waals surface area contributed by atoms with Crippen LogP contribution in [-0.2, 0) is 0 Å². The molecule has 1 heterocycles. The van der Waals surface area contributed by atoms with Crippen LogP contribution in [0.15, 0.2) is 22.7 Å². The summed E-state index contributed by atoms with van der Waals surface area (Å²) in [5, 5.41) is 0. The number of rotatable bonds is 2. The standard InChI is InChI=1S/C16H26BrN3/c1-12(18)14-6-5-13(11-15(14)17)19-7-9-20(10-8-19)16(2,3)4/h5-6,11-12H,7-10,18H2,1-4H3/t12-/m0/s1. The summed E-state index contributed by atoms with van der Waals surface area (Å²) in [6.07, 6.45) is 0. The highest BCUT2D eigenvalue weighted by atomic mass is 79.9. The van der Waals surface area contributed by atoms with Gasteiger partial charge in [-0.1, -0.05) is 22.0 Å². The Morgan fingerprint density at radius 2 is 1.75 bits per heavy atom. The van der Waals surface area contributed by atoms with E-state index in [0.29, 0.717) is 0 Å². The van der Waals surface area contributed by atoms with Crippen LogP contribution in [0.4, 0.5) is 5.69 Å². The van der Waals surface area contributed by atoms with E-state index in [1.165, 1.54) is 11.3 Å². The Hall–Kier alpha value is -0.580.